The van der Waals surface area contributed by atoms with Crippen LogP contribution < -0.4 is 5.32 Å². The molecular formula is C10H8FN3O2S. The van der Waals surface area contributed by atoms with E-state index in [4.69, 9.17) is 0 Å². The minimum absolute atomic E-state index is 0.0918. The summed E-state index contributed by atoms with van der Waals surface area (Å²) in [6, 6.07) is 3.76. The molecule has 1 N–H and O–H groups in total. The van der Waals surface area contributed by atoms with Gasteiger partial charge >= 0.3 is 0 Å². The summed E-state index contributed by atoms with van der Waals surface area (Å²) in [7, 11) is 0. The second kappa shape index (κ2) is 4.88. The number of aromatic nitrogens is 1. The zero-order valence-corrected chi connectivity index (χ0v) is 9.41. The van der Waals surface area contributed by atoms with Gasteiger partial charge in [0.25, 0.3) is 5.69 Å². The Morgan fingerprint density at radius 1 is 1.53 bits per heavy atom. The molecule has 0 saturated carbocycles. The summed E-state index contributed by atoms with van der Waals surface area (Å²) in [5, 5.41) is 13.4. The molecule has 0 aliphatic rings. The van der Waals surface area contributed by atoms with Crippen molar-refractivity contribution in [2.24, 2.45) is 0 Å². The van der Waals surface area contributed by atoms with Gasteiger partial charge in [0.1, 0.15) is 5.69 Å². The number of nitrogens with zero attached hydrogens (tertiary/aromatic N) is 2. The van der Waals surface area contributed by atoms with E-state index >= 15 is 0 Å². The zero-order chi connectivity index (χ0) is 12.3. The van der Waals surface area contributed by atoms with E-state index in [-0.39, 0.29) is 11.4 Å². The average Bonchev–Trinajstić information content (AvgIpc) is 2.80. The minimum Gasteiger partial charge on any atom is -0.372 e. The largest absolute Gasteiger partial charge is 0.372 e. The van der Waals surface area contributed by atoms with Crippen molar-refractivity contribution in [3.05, 3.63) is 50.7 Å². The van der Waals surface area contributed by atoms with Crippen LogP contribution >= 0.6 is 11.3 Å². The van der Waals surface area contributed by atoms with Gasteiger partial charge in [0.15, 0.2) is 5.82 Å². The standard InChI is InChI=1S/C10H8FN3O2S/c11-8-2-1-3-9(14(15)16)10(8)13-5-7-4-12-6-17-7/h1-4,6,13H,5H2. The lowest BCUT2D eigenvalue weighted by Gasteiger charge is -2.06. The second-order valence-corrected chi connectivity index (χ2v) is 4.18. The van der Waals surface area contributed by atoms with Gasteiger partial charge in [0.05, 0.1) is 17.0 Å². The molecule has 0 bridgehead atoms. The number of nitro benzene ring substituents is 1. The number of rotatable bonds is 4. The molecule has 2 rings (SSSR count). The molecular weight excluding hydrogens is 245 g/mol. The molecule has 5 nitrogen and oxygen atoms in total. The van der Waals surface area contributed by atoms with Gasteiger partial charge in [0.2, 0.25) is 0 Å². The molecule has 0 amide bonds. The molecule has 0 fully saturated rings. The van der Waals surface area contributed by atoms with Crippen LogP contribution in [0.25, 0.3) is 0 Å². The number of benzene rings is 1. The summed E-state index contributed by atoms with van der Waals surface area (Å²) in [6.07, 6.45) is 1.63. The Labute approximate surface area is 100 Å². The van der Waals surface area contributed by atoms with Gasteiger partial charge in [-0.1, -0.05) is 6.07 Å². The van der Waals surface area contributed by atoms with Crippen molar-refractivity contribution in [3.63, 3.8) is 0 Å². The van der Waals surface area contributed by atoms with Gasteiger partial charge in [-0.2, -0.15) is 0 Å². The molecule has 7 heteroatoms. The molecule has 0 aliphatic carbocycles. The molecule has 88 valence electrons. The molecule has 1 aromatic heterocycles. The number of nitro groups is 1. The summed E-state index contributed by atoms with van der Waals surface area (Å²) in [5.41, 5.74) is 1.28. The highest BCUT2D eigenvalue weighted by molar-refractivity contribution is 7.09. The third kappa shape index (κ3) is 2.56. The second-order valence-electron chi connectivity index (χ2n) is 3.21. The van der Waals surface area contributed by atoms with E-state index in [2.05, 4.69) is 10.3 Å². The summed E-state index contributed by atoms with van der Waals surface area (Å²) in [6.45, 7) is 0.312. The number of para-hydroxylation sites is 1. The van der Waals surface area contributed by atoms with Crippen molar-refractivity contribution in [1.82, 2.24) is 4.98 Å². The quantitative estimate of drug-likeness (QED) is 0.672. The van der Waals surface area contributed by atoms with E-state index in [0.717, 1.165) is 4.88 Å². The first-order chi connectivity index (χ1) is 8.18. The third-order valence-corrected chi connectivity index (χ3v) is 2.89. The van der Waals surface area contributed by atoms with Crippen LogP contribution in [0.3, 0.4) is 0 Å². The maximum absolute atomic E-state index is 13.5. The summed E-state index contributed by atoms with van der Waals surface area (Å²) >= 11 is 1.40. The topological polar surface area (TPSA) is 68.1 Å². The van der Waals surface area contributed by atoms with E-state index in [0.29, 0.717) is 6.54 Å². The number of hydrogen-bond acceptors (Lipinski definition) is 5. The first-order valence-electron chi connectivity index (χ1n) is 4.72. The number of anilines is 1. The first kappa shape index (κ1) is 11.5. The van der Waals surface area contributed by atoms with Gasteiger partial charge < -0.3 is 5.32 Å². The van der Waals surface area contributed by atoms with Gasteiger partial charge in [-0.05, 0) is 6.07 Å². The highest BCUT2D eigenvalue weighted by atomic mass is 32.1. The average molecular weight is 253 g/mol. The summed E-state index contributed by atoms with van der Waals surface area (Å²) in [4.78, 5) is 14.9. The molecule has 0 saturated heterocycles. The summed E-state index contributed by atoms with van der Waals surface area (Å²) in [5.74, 6) is -0.635. The number of nitrogens with one attached hydrogen (secondary N) is 1. The van der Waals surface area contributed by atoms with Gasteiger partial charge in [-0.15, -0.1) is 11.3 Å². The van der Waals surface area contributed by atoms with Crippen LogP contribution in [0.2, 0.25) is 0 Å². The fraction of sp³-hybridized carbons (Fsp3) is 0.100. The molecule has 0 atom stereocenters. The Kier molecular flexibility index (Phi) is 3.29. The summed E-state index contributed by atoms with van der Waals surface area (Å²) < 4.78 is 13.5. The minimum atomic E-state index is -0.635. The van der Waals surface area contributed by atoms with Crippen molar-refractivity contribution in [3.8, 4) is 0 Å². The molecule has 0 unspecified atom stereocenters. The lowest BCUT2D eigenvalue weighted by molar-refractivity contribution is -0.384. The lowest BCUT2D eigenvalue weighted by atomic mass is 10.2. The van der Waals surface area contributed by atoms with Gasteiger partial charge in [-0.25, -0.2) is 4.39 Å². The first-order valence-corrected chi connectivity index (χ1v) is 5.60. The molecule has 1 heterocycles. The van der Waals surface area contributed by atoms with Crippen LogP contribution in [-0.4, -0.2) is 9.91 Å². The molecule has 0 aliphatic heterocycles. The van der Waals surface area contributed by atoms with Crippen LogP contribution in [0.1, 0.15) is 4.88 Å². The Morgan fingerprint density at radius 3 is 3.00 bits per heavy atom. The van der Waals surface area contributed by atoms with E-state index in [9.17, 15) is 14.5 Å². The van der Waals surface area contributed by atoms with Crippen LogP contribution in [-0.2, 0) is 6.54 Å². The van der Waals surface area contributed by atoms with Crippen molar-refractivity contribution in [2.45, 2.75) is 6.54 Å². The maximum Gasteiger partial charge on any atom is 0.295 e. The van der Waals surface area contributed by atoms with Crippen molar-refractivity contribution < 1.29 is 9.31 Å². The molecule has 0 spiro atoms. The van der Waals surface area contributed by atoms with E-state index in [1.807, 2.05) is 0 Å². The normalized spacial score (nSPS) is 10.2. The predicted molar refractivity (Wildman–Crippen MR) is 62.5 cm³/mol. The monoisotopic (exact) mass is 253 g/mol. The lowest BCUT2D eigenvalue weighted by Crippen LogP contribution is -2.03. The zero-order valence-electron chi connectivity index (χ0n) is 8.59. The fourth-order valence-electron chi connectivity index (χ4n) is 1.34. The van der Waals surface area contributed by atoms with E-state index < -0.39 is 10.7 Å². The number of thiazole rings is 1. The van der Waals surface area contributed by atoms with Crippen LogP contribution in [0.4, 0.5) is 15.8 Å². The molecule has 2 aromatic rings. The molecule has 17 heavy (non-hydrogen) atoms. The van der Waals surface area contributed by atoms with E-state index in [1.165, 1.54) is 29.5 Å². The highest BCUT2D eigenvalue weighted by Crippen LogP contribution is 2.27. The Bertz CT molecular complexity index is 530. The Hall–Kier alpha value is -2.02. The predicted octanol–water partition coefficient (Wildman–Crippen LogP) is 2.80. The highest BCUT2D eigenvalue weighted by Gasteiger charge is 2.17. The molecule has 1 aromatic carbocycles. The van der Waals surface area contributed by atoms with Crippen molar-refractivity contribution in [1.29, 1.82) is 0 Å². The molecule has 0 radical (unpaired) electrons. The Morgan fingerprint density at radius 2 is 2.35 bits per heavy atom. The smallest absolute Gasteiger partial charge is 0.295 e. The Balaban J connectivity index is 2.22. The van der Waals surface area contributed by atoms with Crippen molar-refractivity contribution in [2.75, 3.05) is 5.32 Å². The van der Waals surface area contributed by atoms with Crippen LogP contribution in [0.5, 0.6) is 0 Å². The maximum atomic E-state index is 13.5. The third-order valence-electron chi connectivity index (χ3n) is 2.11. The van der Waals surface area contributed by atoms with Crippen LogP contribution in [0.15, 0.2) is 29.9 Å². The van der Waals surface area contributed by atoms with Crippen molar-refractivity contribution >= 4 is 22.7 Å². The number of hydrogen-bond donors (Lipinski definition) is 1. The van der Waals surface area contributed by atoms with Gasteiger partial charge in [-0.3, -0.25) is 15.1 Å². The SMILES string of the molecule is O=[N+]([O-])c1cccc(F)c1NCc1cncs1. The van der Waals surface area contributed by atoms with Gasteiger partial charge in [0, 0.05) is 17.1 Å². The van der Waals surface area contributed by atoms with Crippen LogP contribution in [0, 0.1) is 15.9 Å². The number of halogens is 1. The van der Waals surface area contributed by atoms with E-state index in [1.54, 1.807) is 11.7 Å². The fourth-order valence-corrected chi connectivity index (χ4v) is 1.88.